The molecule has 0 heterocycles. The van der Waals surface area contributed by atoms with Gasteiger partial charge in [0.2, 0.25) is 5.91 Å². The summed E-state index contributed by atoms with van der Waals surface area (Å²) in [4.78, 5) is 23.1. The van der Waals surface area contributed by atoms with Crippen molar-refractivity contribution < 1.29 is 19.2 Å². The van der Waals surface area contributed by atoms with E-state index in [0.29, 0.717) is 25.1 Å². The number of aryl methyl sites for hydroxylation is 2. The fourth-order valence-corrected chi connectivity index (χ4v) is 2.86. The first-order chi connectivity index (χ1) is 13.6. The van der Waals surface area contributed by atoms with Gasteiger partial charge in [0.15, 0.2) is 0 Å². The second-order valence-corrected chi connectivity index (χ2v) is 7.70. The fraction of sp³-hybridized carbons (Fsp3) is 0.409. The van der Waals surface area contributed by atoms with E-state index >= 15 is 0 Å². The number of methoxy groups -OCH3 is 1. The highest BCUT2D eigenvalue weighted by atomic mass is 16.6. The van der Waals surface area contributed by atoms with Crippen LogP contribution in [0.1, 0.15) is 37.8 Å². The van der Waals surface area contributed by atoms with Crippen molar-refractivity contribution >= 4 is 17.3 Å². The zero-order chi connectivity index (χ0) is 21.6. The van der Waals surface area contributed by atoms with Crippen molar-refractivity contribution in [3.63, 3.8) is 0 Å². The lowest BCUT2D eigenvalue weighted by atomic mass is 9.87. The number of carbonyl (C=O) groups is 1. The second kappa shape index (κ2) is 9.41. The average Bonchev–Trinajstić information content (AvgIpc) is 2.67. The van der Waals surface area contributed by atoms with Gasteiger partial charge in [-0.3, -0.25) is 14.9 Å². The number of nitrogens with zero attached hydrogens (tertiary/aromatic N) is 1. The molecular weight excluding hydrogens is 372 g/mol. The number of hydrogen-bond donors (Lipinski definition) is 1. The van der Waals surface area contributed by atoms with Gasteiger partial charge in [-0.1, -0.05) is 26.0 Å². The predicted octanol–water partition coefficient (Wildman–Crippen LogP) is 5.04. The lowest BCUT2D eigenvalue weighted by Crippen LogP contribution is -2.31. The van der Waals surface area contributed by atoms with Gasteiger partial charge in [0.1, 0.15) is 11.5 Å². The third kappa shape index (κ3) is 5.94. The summed E-state index contributed by atoms with van der Waals surface area (Å²) in [6, 6.07) is 10.2. The number of benzene rings is 2. The quantitative estimate of drug-likeness (QED) is 0.362. The number of hydrogen-bond acceptors (Lipinski definition) is 5. The molecule has 0 saturated carbocycles. The summed E-state index contributed by atoms with van der Waals surface area (Å²) in [6.07, 6.45) is 1.34. The molecule has 156 valence electrons. The summed E-state index contributed by atoms with van der Waals surface area (Å²) in [5, 5.41) is 13.7. The first-order valence-corrected chi connectivity index (χ1v) is 9.48. The molecule has 0 aliphatic rings. The molecule has 0 fully saturated rings. The Hall–Kier alpha value is -3.09. The van der Waals surface area contributed by atoms with Crippen molar-refractivity contribution in [2.75, 3.05) is 19.0 Å². The number of nitrogens with one attached hydrogen (secondary N) is 1. The molecule has 0 atom stereocenters. The Morgan fingerprint density at radius 1 is 1.14 bits per heavy atom. The molecule has 1 amide bonds. The smallest absolute Gasteiger partial charge is 0.273 e. The van der Waals surface area contributed by atoms with Crippen molar-refractivity contribution in [3.8, 4) is 11.5 Å². The van der Waals surface area contributed by atoms with E-state index in [-0.39, 0.29) is 17.3 Å². The second-order valence-electron chi connectivity index (χ2n) is 7.70. The third-order valence-electron chi connectivity index (χ3n) is 4.81. The van der Waals surface area contributed by atoms with Crippen LogP contribution in [0.3, 0.4) is 0 Å². The van der Waals surface area contributed by atoms with Gasteiger partial charge in [0, 0.05) is 11.5 Å². The minimum Gasteiger partial charge on any atom is -0.494 e. The molecule has 0 radical (unpaired) electrons. The van der Waals surface area contributed by atoms with Crippen molar-refractivity contribution in [1.29, 1.82) is 0 Å². The van der Waals surface area contributed by atoms with E-state index < -0.39 is 10.3 Å². The summed E-state index contributed by atoms with van der Waals surface area (Å²) < 4.78 is 11.0. The molecular formula is C22H28N2O5. The van der Waals surface area contributed by atoms with Crippen LogP contribution in [0, 0.1) is 29.4 Å². The number of non-ortho nitro benzene ring substituents is 1. The van der Waals surface area contributed by atoms with Crippen molar-refractivity contribution in [1.82, 2.24) is 0 Å². The number of nitro benzene ring substituents is 1. The highest BCUT2D eigenvalue weighted by molar-refractivity contribution is 5.96. The number of nitro groups is 1. The van der Waals surface area contributed by atoms with Crippen LogP contribution in [0.25, 0.3) is 0 Å². The van der Waals surface area contributed by atoms with E-state index in [2.05, 4.69) is 5.32 Å². The Morgan fingerprint density at radius 3 is 2.52 bits per heavy atom. The minimum atomic E-state index is -0.641. The van der Waals surface area contributed by atoms with Crippen molar-refractivity contribution in [2.24, 2.45) is 5.41 Å². The van der Waals surface area contributed by atoms with Crippen LogP contribution >= 0.6 is 0 Å². The number of amides is 1. The van der Waals surface area contributed by atoms with Crippen molar-refractivity contribution in [2.45, 2.75) is 40.5 Å². The normalized spacial score (nSPS) is 11.1. The maximum absolute atomic E-state index is 12.7. The van der Waals surface area contributed by atoms with Gasteiger partial charge in [0.05, 0.1) is 30.4 Å². The van der Waals surface area contributed by atoms with E-state index in [1.165, 1.54) is 25.3 Å². The summed E-state index contributed by atoms with van der Waals surface area (Å²) in [7, 11) is 1.41. The molecule has 0 aliphatic carbocycles. The Balaban J connectivity index is 1.94. The Kier molecular flexibility index (Phi) is 7.20. The molecule has 0 aliphatic heterocycles. The molecule has 0 spiro atoms. The lowest BCUT2D eigenvalue weighted by molar-refractivity contribution is -0.384. The molecule has 2 aromatic rings. The highest BCUT2D eigenvalue weighted by Gasteiger charge is 2.28. The number of anilines is 1. The number of rotatable bonds is 9. The van der Waals surface area contributed by atoms with Crippen LogP contribution in [0.5, 0.6) is 11.5 Å². The summed E-state index contributed by atoms with van der Waals surface area (Å²) in [5.74, 6) is 0.931. The molecule has 2 rings (SSSR count). The first kappa shape index (κ1) is 22.2. The maximum Gasteiger partial charge on any atom is 0.273 e. The zero-order valence-electron chi connectivity index (χ0n) is 17.6. The van der Waals surface area contributed by atoms with Crippen LogP contribution in [0.2, 0.25) is 0 Å². The van der Waals surface area contributed by atoms with Gasteiger partial charge in [-0.25, -0.2) is 0 Å². The van der Waals surface area contributed by atoms with Crippen LogP contribution in [0.15, 0.2) is 36.4 Å². The largest absolute Gasteiger partial charge is 0.494 e. The van der Waals surface area contributed by atoms with Crippen LogP contribution in [0.4, 0.5) is 11.4 Å². The predicted molar refractivity (Wildman–Crippen MR) is 113 cm³/mol. The third-order valence-corrected chi connectivity index (χ3v) is 4.81. The Labute approximate surface area is 171 Å². The number of carbonyl (C=O) groups excluding carboxylic acids is 1. The van der Waals surface area contributed by atoms with E-state index in [1.807, 2.05) is 45.9 Å². The number of ether oxygens (including phenoxy) is 2. The van der Waals surface area contributed by atoms with Gasteiger partial charge < -0.3 is 14.8 Å². The van der Waals surface area contributed by atoms with Crippen LogP contribution < -0.4 is 14.8 Å². The lowest BCUT2D eigenvalue weighted by Gasteiger charge is -2.24. The fourth-order valence-electron chi connectivity index (χ4n) is 2.86. The minimum absolute atomic E-state index is 0.0947. The van der Waals surface area contributed by atoms with Gasteiger partial charge in [-0.05, 0) is 49.9 Å². The summed E-state index contributed by atoms with van der Waals surface area (Å²) >= 11 is 0. The molecule has 0 aromatic heterocycles. The molecule has 0 unspecified atom stereocenters. The van der Waals surface area contributed by atoms with Crippen molar-refractivity contribution in [3.05, 3.63) is 57.6 Å². The van der Waals surface area contributed by atoms with Crippen LogP contribution in [-0.4, -0.2) is 24.5 Å². The average molecular weight is 400 g/mol. The molecule has 0 bridgehead atoms. The Morgan fingerprint density at radius 2 is 1.86 bits per heavy atom. The highest BCUT2D eigenvalue weighted by Crippen LogP contribution is 2.32. The molecule has 2 aromatic carbocycles. The van der Waals surface area contributed by atoms with E-state index in [9.17, 15) is 14.9 Å². The monoisotopic (exact) mass is 400 g/mol. The summed E-state index contributed by atoms with van der Waals surface area (Å²) in [6.45, 7) is 8.26. The van der Waals surface area contributed by atoms with Gasteiger partial charge in [-0.15, -0.1) is 0 Å². The molecule has 1 N–H and O–H groups in total. The first-order valence-electron chi connectivity index (χ1n) is 9.48. The molecule has 29 heavy (non-hydrogen) atoms. The topological polar surface area (TPSA) is 90.7 Å². The SMILES string of the molecule is COc1cc([N+](=O)[O-])ccc1NC(=O)C(C)(C)CCCOc1cc(C)ccc1C. The van der Waals surface area contributed by atoms with Gasteiger partial charge in [-0.2, -0.15) is 0 Å². The molecule has 7 nitrogen and oxygen atoms in total. The maximum atomic E-state index is 12.7. The van der Waals surface area contributed by atoms with Gasteiger partial charge in [0.25, 0.3) is 5.69 Å². The Bertz CT molecular complexity index is 893. The van der Waals surface area contributed by atoms with Gasteiger partial charge >= 0.3 is 0 Å². The van der Waals surface area contributed by atoms with E-state index in [0.717, 1.165) is 16.9 Å². The van der Waals surface area contributed by atoms with Crippen LogP contribution in [-0.2, 0) is 4.79 Å². The molecule has 7 heteroatoms. The molecule has 0 saturated heterocycles. The standard InChI is InChI=1S/C22H28N2O5/c1-15-7-8-16(2)19(13-15)29-12-6-11-22(3,4)21(25)23-18-10-9-17(24(26)27)14-20(18)28-5/h7-10,13-14H,6,11-12H2,1-5H3,(H,23,25). The zero-order valence-corrected chi connectivity index (χ0v) is 17.6. The van der Waals surface area contributed by atoms with E-state index in [4.69, 9.17) is 9.47 Å². The summed E-state index contributed by atoms with van der Waals surface area (Å²) in [5.41, 5.74) is 1.89. The van der Waals surface area contributed by atoms with E-state index in [1.54, 1.807) is 0 Å².